The second-order valence-electron chi connectivity index (χ2n) is 7.49. The summed E-state index contributed by atoms with van der Waals surface area (Å²) in [5.74, 6) is 0.962. The van der Waals surface area contributed by atoms with Crippen molar-refractivity contribution < 1.29 is 4.74 Å². The highest BCUT2D eigenvalue weighted by molar-refractivity contribution is 5.73. The molecule has 0 N–H and O–H groups in total. The lowest BCUT2D eigenvalue weighted by Gasteiger charge is -2.35. The van der Waals surface area contributed by atoms with E-state index in [-0.39, 0.29) is 0 Å². The molecular weight excluding hydrogens is 306 g/mol. The average molecular weight is 333 g/mol. The minimum absolute atomic E-state index is 0.579. The molecule has 0 saturated carbocycles. The van der Waals surface area contributed by atoms with Crippen molar-refractivity contribution in [1.29, 1.82) is 0 Å². The Morgan fingerprint density at radius 3 is 2.40 bits per heavy atom. The predicted molar refractivity (Wildman–Crippen MR) is 104 cm³/mol. The van der Waals surface area contributed by atoms with Gasteiger partial charge in [-0.15, -0.1) is 0 Å². The van der Waals surface area contributed by atoms with Crippen LogP contribution in [0.3, 0.4) is 0 Å². The normalized spacial score (nSPS) is 22.8. The Morgan fingerprint density at radius 2 is 1.76 bits per heavy atom. The summed E-state index contributed by atoms with van der Waals surface area (Å²) in [6.45, 7) is 5.49. The summed E-state index contributed by atoms with van der Waals surface area (Å²) in [7, 11) is 1.75. The van der Waals surface area contributed by atoms with Crippen LogP contribution in [0.1, 0.15) is 41.5 Å². The topological polar surface area (TPSA) is 12.5 Å². The van der Waals surface area contributed by atoms with Crippen molar-refractivity contribution in [2.75, 3.05) is 7.11 Å². The number of benzene rings is 2. The van der Waals surface area contributed by atoms with E-state index in [0.29, 0.717) is 12.1 Å². The fourth-order valence-electron chi connectivity index (χ4n) is 4.69. The van der Waals surface area contributed by atoms with Crippen LogP contribution < -0.4 is 4.74 Å². The van der Waals surface area contributed by atoms with E-state index in [4.69, 9.17) is 4.74 Å². The van der Waals surface area contributed by atoms with E-state index in [9.17, 15) is 0 Å². The van der Waals surface area contributed by atoms with Crippen LogP contribution in [0.2, 0.25) is 0 Å². The van der Waals surface area contributed by atoms with Gasteiger partial charge in [-0.25, -0.2) is 0 Å². The van der Waals surface area contributed by atoms with E-state index < -0.39 is 0 Å². The molecule has 25 heavy (non-hydrogen) atoms. The van der Waals surface area contributed by atoms with Crippen LogP contribution in [0.4, 0.5) is 0 Å². The van der Waals surface area contributed by atoms with E-state index in [1.54, 1.807) is 7.11 Å². The first kappa shape index (κ1) is 16.4. The Kier molecular flexibility index (Phi) is 4.39. The number of fused-ring (bicyclic) bond motifs is 2. The minimum Gasteiger partial charge on any atom is -0.497 e. The average Bonchev–Trinajstić information content (AvgIpc) is 2.84. The highest BCUT2D eigenvalue weighted by Crippen LogP contribution is 2.41. The van der Waals surface area contributed by atoms with Crippen molar-refractivity contribution in [2.24, 2.45) is 0 Å². The lowest BCUT2D eigenvalue weighted by molar-refractivity contribution is 0.203. The predicted octanol–water partition coefficient (Wildman–Crippen LogP) is 5.13. The van der Waals surface area contributed by atoms with E-state index in [1.807, 2.05) is 0 Å². The van der Waals surface area contributed by atoms with Crippen molar-refractivity contribution in [3.8, 4) is 5.75 Å². The summed E-state index contributed by atoms with van der Waals surface area (Å²) in [5.41, 5.74) is 7.07. The molecule has 130 valence electrons. The molecule has 2 atom stereocenters. The van der Waals surface area contributed by atoms with E-state index in [0.717, 1.165) is 18.7 Å². The Hall–Kier alpha value is -2.06. The summed E-state index contributed by atoms with van der Waals surface area (Å²) in [6.07, 6.45) is 6.30. The van der Waals surface area contributed by atoms with E-state index in [2.05, 4.69) is 67.3 Å². The van der Waals surface area contributed by atoms with Crippen LogP contribution in [-0.4, -0.2) is 24.1 Å². The lowest BCUT2D eigenvalue weighted by Crippen LogP contribution is -2.37. The van der Waals surface area contributed by atoms with Gasteiger partial charge in [0.25, 0.3) is 0 Å². The van der Waals surface area contributed by atoms with Crippen molar-refractivity contribution in [1.82, 2.24) is 4.90 Å². The number of ether oxygens (including phenoxy) is 1. The molecular formula is C23H27NO. The van der Waals surface area contributed by atoms with E-state index in [1.165, 1.54) is 40.7 Å². The molecule has 2 unspecified atom stereocenters. The minimum atomic E-state index is 0.579. The van der Waals surface area contributed by atoms with Crippen molar-refractivity contribution in [2.45, 2.75) is 51.7 Å². The Balaban J connectivity index is 1.62. The first-order chi connectivity index (χ1) is 12.2. The van der Waals surface area contributed by atoms with Crippen LogP contribution in [-0.2, 0) is 6.54 Å². The van der Waals surface area contributed by atoms with Gasteiger partial charge < -0.3 is 4.74 Å². The number of hydrogen-bond acceptors (Lipinski definition) is 2. The first-order valence-corrected chi connectivity index (χ1v) is 9.31. The van der Waals surface area contributed by atoms with Gasteiger partial charge in [-0.05, 0) is 73.1 Å². The highest BCUT2D eigenvalue weighted by atomic mass is 16.5. The quantitative estimate of drug-likeness (QED) is 0.769. The summed E-state index contributed by atoms with van der Waals surface area (Å²) in [6, 6.07) is 16.5. The maximum absolute atomic E-state index is 5.43. The molecule has 2 aromatic carbocycles. The third-order valence-corrected chi connectivity index (χ3v) is 5.81. The zero-order valence-electron chi connectivity index (χ0n) is 15.5. The standard InChI is InChI=1S/C23H27NO/c1-16-11-22(25-3)12-17(2)23(16)19-13-20-9-10-21(14-19)24(20)15-18-7-5-4-6-8-18/h4-8,11-13,20-21H,9-10,14-15H2,1-3H3. The molecule has 0 amide bonds. The molecule has 4 rings (SSSR count). The number of rotatable bonds is 4. The molecule has 0 aromatic heterocycles. The van der Waals surface area contributed by atoms with Crippen molar-refractivity contribution >= 4 is 5.57 Å². The molecule has 2 aromatic rings. The van der Waals surface area contributed by atoms with Gasteiger partial charge in [-0.1, -0.05) is 36.4 Å². The Morgan fingerprint density at radius 1 is 1.04 bits per heavy atom. The van der Waals surface area contributed by atoms with Crippen LogP contribution in [0.25, 0.3) is 5.57 Å². The van der Waals surface area contributed by atoms with Gasteiger partial charge in [-0.3, -0.25) is 4.90 Å². The summed E-state index contributed by atoms with van der Waals surface area (Å²) in [4.78, 5) is 2.70. The third-order valence-electron chi connectivity index (χ3n) is 5.81. The molecule has 0 aliphatic carbocycles. The SMILES string of the molecule is COc1cc(C)c(C2=CC3CCC(C2)N3Cc2ccccc2)c(C)c1. The molecule has 2 bridgehead atoms. The fraction of sp³-hybridized carbons (Fsp3) is 0.391. The van der Waals surface area contributed by atoms with Crippen LogP contribution >= 0.6 is 0 Å². The van der Waals surface area contributed by atoms with Gasteiger partial charge in [0.05, 0.1) is 7.11 Å². The largest absolute Gasteiger partial charge is 0.497 e. The molecule has 1 saturated heterocycles. The van der Waals surface area contributed by atoms with Gasteiger partial charge in [0.15, 0.2) is 0 Å². The number of nitrogens with zero attached hydrogens (tertiary/aromatic N) is 1. The van der Waals surface area contributed by atoms with Gasteiger partial charge in [0.2, 0.25) is 0 Å². The molecule has 0 spiro atoms. The van der Waals surface area contributed by atoms with Gasteiger partial charge in [-0.2, -0.15) is 0 Å². The molecule has 2 heterocycles. The molecule has 2 aliphatic heterocycles. The fourth-order valence-corrected chi connectivity index (χ4v) is 4.69. The number of aryl methyl sites for hydroxylation is 2. The maximum Gasteiger partial charge on any atom is 0.119 e. The number of hydrogen-bond donors (Lipinski definition) is 0. The van der Waals surface area contributed by atoms with Crippen LogP contribution in [0, 0.1) is 13.8 Å². The zero-order valence-corrected chi connectivity index (χ0v) is 15.5. The first-order valence-electron chi connectivity index (χ1n) is 9.31. The second kappa shape index (κ2) is 6.68. The van der Waals surface area contributed by atoms with E-state index >= 15 is 0 Å². The summed E-state index contributed by atoms with van der Waals surface area (Å²) < 4.78 is 5.43. The monoisotopic (exact) mass is 333 g/mol. The maximum atomic E-state index is 5.43. The lowest BCUT2D eigenvalue weighted by atomic mass is 9.88. The summed E-state index contributed by atoms with van der Waals surface area (Å²) >= 11 is 0. The molecule has 1 fully saturated rings. The molecule has 0 radical (unpaired) electrons. The van der Waals surface area contributed by atoms with Gasteiger partial charge in [0.1, 0.15) is 5.75 Å². The van der Waals surface area contributed by atoms with Crippen LogP contribution in [0.5, 0.6) is 5.75 Å². The highest BCUT2D eigenvalue weighted by Gasteiger charge is 2.37. The molecule has 2 heteroatoms. The third kappa shape index (κ3) is 3.11. The Labute approximate surface area is 151 Å². The summed E-state index contributed by atoms with van der Waals surface area (Å²) in [5, 5.41) is 0. The zero-order chi connectivity index (χ0) is 17.4. The van der Waals surface area contributed by atoms with Crippen molar-refractivity contribution in [3.63, 3.8) is 0 Å². The smallest absolute Gasteiger partial charge is 0.119 e. The second-order valence-corrected chi connectivity index (χ2v) is 7.49. The number of methoxy groups -OCH3 is 1. The Bertz CT molecular complexity index is 770. The molecule has 2 aliphatic rings. The van der Waals surface area contributed by atoms with Gasteiger partial charge in [0, 0.05) is 18.6 Å². The molecule has 2 nitrogen and oxygen atoms in total. The van der Waals surface area contributed by atoms with Gasteiger partial charge >= 0.3 is 0 Å². The van der Waals surface area contributed by atoms with Crippen LogP contribution in [0.15, 0.2) is 48.5 Å². The van der Waals surface area contributed by atoms with Crippen molar-refractivity contribution in [3.05, 3.63) is 70.8 Å².